The number of carbonyl (C=O) groups excluding carboxylic acids is 1. The van der Waals surface area contributed by atoms with Crippen LogP contribution in [-0.2, 0) is 14.8 Å². The maximum atomic E-state index is 13.1. The Morgan fingerprint density at radius 2 is 1.79 bits per heavy atom. The Kier molecular flexibility index (Phi) is 6.42. The zero-order valence-electron chi connectivity index (χ0n) is 15.8. The number of carbonyl (C=O) groups is 1. The molecule has 1 atom stereocenters. The maximum Gasteiger partial charge on any atom is 0.340 e. The zero-order valence-corrected chi connectivity index (χ0v) is 17.4. The van der Waals surface area contributed by atoms with E-state index in [-0.39, 0.29) is 15.5 Å². The second-order valence-corrected chi connectivity index (χ2v) is 8.89. The van der Waals surface area contributed by atoms with Gasteiger partial charge in [-0.2, -0.15) is 9.57 Å². The molecule has 1 fully saturated rings. The van der Waals surface area contributed by atoms with E-state index in [0.717, 1.165) is 5.69 Å². The highest BCUT2D eigenvalue weighted by atomic mass is 35.5. The van der Waals surface area contributed by atoms with Crippen molar-refractivity contribution >= 4 is 33.3 Å². The fourth-order valence-corrected chi connectivity index (χ4v) is 4.69. The molecular formula is C20H20ClN3O4S. The van der Waals surface area contributed by atoms with Crippen molar-refractivity contribution < 1.29 is 17.9 Å². The number of sulfonamides is 1. The highest BCUT2D eigenvalue weighted by Gasteiger charge is 2.30. The Morgan fingerprint density at radius 1 is 1.14 bits per heavy atom. The van der Waals surface area contributed by atoms with Crippen LogP contribution in [0, 0.1) is 11.3 Å². The van der Waals surface area contributed by atoms with Gasteiger partial charge >= 0.3 is 5.97 Å². The SMILES string of the molecule is C[C@H](C#N)OC(=O)c1cc(S(=O)(=O)N2CCN(c3ccccc3)CC2)ccc1Cl. The van der Waals surface area contributed by atoms with E-state index in [9.17, 15) is 13.2 Å². The first-order valence-corrected chi connectivity index (χ1v) is 10.8. The van der Waals surface area contributed by atoms with Crippen molar-refractivity contribution in [1.29, 1.82) is 5.26 Å². The van der Waals surface area contributed by atoms with Gasteiger partial charge in [-0.15, -0.1) is 0 Å². The number of nitriles is 1. The van der Waals surface area contributed by atoms with Gasteiger partial charge in [0.25, 0.3) is 0 Å². The van der Waals surface area contributed by atoms with Gasteiger partial charge in [0, 0.05) is 31.9 Å². The van der Waals surface area contributed by atoms with Crippen LogP contribution < -0.4 is 4.90 Å². The summed E-state index contributed by atoms with van der Waals surface area (Å²) in [6, 6.07) is 15.5. The summed E-state index contributed by atoms with van der Waals surface area (Å²) in [6.07, 6.45) is -0.968. The Hall–Kier alpha value is -2.60. The summed E-state index contributed by atoms with van der Waals surface area (Å²) >= 11 is 6.04. The number of para-hydroxylation sites is 1. The largest absolute Gasteiger partial charge is 0.444 e. The van der Waals surface area contributed by atoms with Gasteiger partial charge in [0.05, 0.1) is 15.5 Å². The van der Waals surface area contributed by atoms with Crippen molar-refractivity contribution in [1.82, 2.24) is 4.31 Å². The number of benzene rings is 2. The number of anilines is 1. The summed E-state index contributed by atoms with van der Waals surface area (Å²) < 4.78 is 32.4. The van der Waals surface area contributed by atoms with Crippen molar-refractivity contribution in [3.63, 3.8) is 0 Å². The van der Waals surface area contributed by atoms with Crippen LogP contribution in [-0.4, -0.2) is 51.0 Å². The van der Waals surface area contributed by atoms with Crippen LogP contribution in [0.2, 0.25) is 5.02 Å². The van der Waals surface area contributed by atoms with Crippen LogP contribution in [0.1, 0.15) is 17.3 Å². The van der Waals surface area contributed by atoms with Gasteiger partial charge < -0.3 is 9.64 Å². The Balaban J connectivity index is 1.77. The standard InChI is InChI=1S/C20H20ClN3O4S/c1-15(14-22)28-20(25)18-13-17(7-8-19(18)21)29(26,27)24-11-9-23(10-12-24)16-5-3-2-4-6-16/h2-8,13,15H,9-12H2,1H3/t15-/m1/s1. The molecule has 0 radical (unpaired) electrons. The molecule has 0 amide bonds. The number of rotatable bonds is 5. The van der Waals surface area contributed by atoms with Crippen molar-refractivity contribution in [3.8, 4) is 6.07 Å². The van der Waals surface area contributed by atoms with Crippen molar-refractivity contribution in [2.24, 2.45) is 0 Å². The maximum absolute atomic E-state index is 13.1. The van der Waals surface area contributed by atoms with Gasteiger partial charge in [-0.25, -0.2) is 13.2 Å². The molecule has 7 nitrogen and oxygen atoms in total. The van der Waals surface area contributed by atoms with E-state index in [1.54, 1.807) is 6.07 Å². The van der Waals surface area contributed by atoms with Crippen LogP contribution in [0.25, 0.3) is 0 Å². The lowest BCUT2D eigenvalue weighted by molar-refractivity contribution is 0.0435. The third kappa shape index (κ3) is 4.70. The Labute approximate surface area is 175 Å². The molecule has 0 spiro atoms. The van der Waals surface area contributed by atoms with Gasteiger partial charge in [0.1, 0.15) is 6.07 Å². The first-order valence-electron chi connectivity index (χ1n) is 9.03. The first-order chi connectivity index (χ1) is 13.8. The lowest BCUT2D eigenvalue weighted by atomic mass is 10.2. The average Bonchev–Trinajstić information content (AvgIpc) is 2.74. The number of halogens is 1. The topological polar surface area (TPSA) is 90.7 Å². The normalized spacial score (nSPS) is 16.1. The van der Waals surface area contributed by atoms with Crippen LogP contribution in [0.5, 0.6) is 0 Å². The fourth-order valence-electron chi connectivity index (χ4n) is 3.05. The summed E-state index contributed by atoms with van der Waals surface area (Å²) in [5.74, 6) is -0.838. The molecule has 9 heteroatoms. The quantitative estimate of drug-likeness (QED) is 0.673. The lowest BCUT2D eigenvalue weighted by Gasteiger charge is -2.35. The molecule has 0 saturated carbocycles. The predicted octanol–water partition coefficient (Wildman–Crippen LogP) is 2.92. The van der Waals surface area contributed by atoms with Gasteiger partial charge in [0.15, 0.2) is 6.10 Å². The molecule has 1 saturated heterocycles. The highest BCUT2D eigenvalue weighted by Crippen LogP contribution is 2.25. The minimum atomic E-state index is -3.80. The lowest BCUT2D eigenvalue weighted by Crippen LogP contribution is -2.48. The van der Waals surface area contributed by atoms with E-state index in [1.807, 2.05) is 30.3 Å². The molecule has 0 aromatic heterocycles. The summed E-state index contributed by atoms with van der Waals surface area (Å²) in [7, 11) is -3.80. The van der Waals surface area contributed by atoms with E-state index < -0.39 is 22.1 Å². The van der Waals surface area contributed by atoms with Crippen LogP contribution in [0.4, 0.5) is 5.69 Å². The second-order valence-electron chi connectivity index (χ2n) is 6.54. The van der Waals surface area contributed by atoms with Gasteiger partial charge in [0.2, 0.25) is 10.0 Å². The number of piperazine rings is 1. The molecule has 2 aromatic carbocycles. The number of nitrogens with zero attached hydrogens (tertiary/aromatic N) is 3. The molecule has 1 aliphatic heterocycles. The molecule has 3 rings (SSSR count). The highest BCUT2D eigenvalue weighted by molar-refractivity contribution is 7.89. The predicted molar refractivity (Wildman–Crippen MR) is 109 cm³/mol. The molecule has 0 bridgehead atoms. The van der Waals surface area contributed by atoms with Gasteiger partial charge in [-0.05, 0) is 37.3 Å². The average molecular weight is 434 g/mol. The third-order valence-corrected chi connectivity index (χ3v) is 6.85. The van der Waals surface area contributed by atoms with E-state index >= 15 is 0 Å². The summed E-state index contributed by atoms with van der Waals surface area (Å²) in [6.45, 7) is 3.19. The molecule has 1 aliphatic rings. The van der Waals surface area contributed by atoms with E-state index in [1.165, 1.54) is 29.4 Å². The number of hydrogen-bond donors (Lipinski definition) is 0. The molecule has 29 heavy (non-hydrogen) atoms. The number of hydrogen-bond acceptors (Lipinski definition) is 6. The summed E-state index contributed by atoms with van der Waals surface area (Å²) in [5, 5.41) is 8.85. The fraction of sp³-hybridized carbons (Fsp3) is 0.300. The number of ether oxygens (including phenoxy) is 1. The molecule has 1 heterocycles. The molecule has 0 N–H and O–H groups in total. The second kappa shape index (κ2) is 8.82. The summed E-state index contributed by atoms with van der Waals surface area (Å²) in [5.41, 5.74) is 0.963. The van der Waals surface area contributed by atoms with Crippen molar-refractivity contribution in [2.75, 3.05) is 31.1 Å². The van der Waals surface area contributed by atoms with E-state index in [0.29, 0.717) is 26.2 Å². The van der Waals surface area contributed by atoms with Gasteiger partial charge in [-0.3, -0.25) is 0 Å². The van der Waals surface area contributed by atoms with E-state index in [4.69, 9.17) is 21.6 Å². The Bertz CT molecular complexity index is 1030. The van der Waals surface area contributed by atoms with E-state index in [2.05, 4.69) is 4.90 Å². The summed E-state index contributed by atoms with van der Waals surface area (Å²) in [4.78, 5) is 14.3. The molecule has 152 valence electrons. The minimum absolute atomic E-state index is 0.0355. The monoisotopic (exact) mass is 433 g/mol. The molecule has 0 unspecified atom stereocenters. The Morgan fingerprint density at radius 3 is 2.41 bits per heavy atom. The molecule has 2 aromatic rings. The zero-order chi connectivity index (χ0) is 21.0. The molecular weight excluding hydrogens is 414 g/mol. The van der Waals surface area contributed by atoms with Crippen LogP contribution >= 0.6 is 11.6 Å². The molecule has 0 aliphatic carbocycles. The first kappa shape index (κ1) is 21.1. The van der Waals surface area contributed by atoms with Crippen molar-refractivity contribution in [3.05, 3.63) is 59.1 Å². The third-order valence-electron chi connectivity index (χ3n) is 4.62. The number of esters is 1. The minimum Gasteiger partial charge on any atom is -0.444 e. The van der Waals surface area contributed by atoms with Crippen molar-refractivity contribution in [2.45, 2.75) is 17.9 Å². The van der Waals surface area contributed by atoms with Crippen LogP contribution in [0.3, 0.4) is 0 Å². The van der Waals surface area contributed by atoms with Crippen LogP contribution in [0.15, 0.2) is 53.4 Å². The van der Waals surface area contributed by atoms with Gasteiger partial charge in [-0.1, -0.05) is 29.8 Å². The smallest absolute Gasteiger partial charge is 0.340 e.